The molecule has 27 heavy (non-hydrogen) atoms. The molecule has 1 fully saturated rings. The summed E-state index contributed by atoms with van der Waals surface area (Å²) in [6, 6.07) is 10.9. The summed E-state index contributed by atoms with van der Waals surface area (Å²) in [6.07, 6.45) is 7.11. The number of anilines is 1. The van der Waals surface area contributed by atoms with Crippen molar-refractivity contribution in [2.45, 2.75) is 18.9 Å². The summed E-state index contributed by atoms with van der Waals surface area (Å²) in [5.74, 6) is 0.512. The van der Waals surface area contributed by atoms with Gasteiger partial charge in [-0.05, 0) is 43.2 Å². The fourth-order valence-electron chi connectivity index (χ4n) is 3.20. The first-order chi connectivity index (χ1) is 13.2. The lowest BCUT2D eigenvalue weighted by Crippen LogP contribution is -2.48. The molecule has 1 aromatic carbocycles. The number of nitrogens with zero attached hydrogens (tertiary/aromatic N) is 5. The van der Waals surface area contributed by atoms with E-state index in [1.54, 1.807) is 47.5 Å². The van der Waals surface area contributed by atoms with Crippen LogP contribution in [-0.2, 0) is 0 Å². The van der Waals surface area contributed by atoms with Crippen LogP contribution in [0.15, 0.2) is 55.0 Å². The normalized spacial score (nSPS) is 16.9. The predicted octanol–water partition coefficient (Wildman–Crippen LogP) is 2.71. The summed E-state index contributed by atoms with van der Waals surface area (Å²) >= 11 is 6.02. The molecule has 138 valence electrons. The zero-order valence-electron chi connectivity index (χ0n) is 14.6. The van der Waals surface area contributed by atoms with Crippen LogP contribution >= 0.6 is 11.6 Å². The second kappa shape index (κ2) is 7.75. The lowest BCUT2D eigenvalue weighted by molar-refractivity contribution is 0.0927. The smallest absolute Gasteiger partial charge is 0.272 e. The maximum absolute atomic E-state index is 12.6. The highest BCUT2D eigenvalue weighted by molar-refractivity contribution is 6.30. The monoisotopic (exact) mass is 382 g/mol. The standard InChI is InChI=1S/C19H19ClN6O/c20-14-4-1-6-16(12-14)26-11-7-17(24-26)18(27)23-15-5-2-10-25(13-15)19-21-8-3-9-22-19/h1,3-4,6-9,11-12,15H,2,5,10,13H2,(H,23,27). The van der Waals surface area contributed by atoms with Crippen molar-refractivity contribution in [2.24, 2.45) is 0 Å². The molecule has 0 spiro atoms. The third kappa shape index (κ3) is 4.09. The SMILES string of the molecule is O=C(NC1CCCN(c2ncccn2)C1)c1ccn(-c2cccc(Cl)c2)n1. The van der Waals surface area contributed by atoms with Crippen molar-refractivity contribution in [3.8, 4) is 5.69 Å². The van der Waals surface area contributed by atoms with Crippen molar-refractivity contribution in [1.29, 1.82) is 0 Å². The van der Waals surface area contributed by atoms with Gasteiger partial charge >= 0.3 is 0 Å². The molecular formula is C19H19ClN6O. The van der Waals surface area contributed by atoms with E-state index in [9.17, 15) is 4.79 Å². The first kappa shape index (κ1) is 17.5. The molecule has 3 aromatic rings. The highest BCUT2D eigenvalue weighted by Crippen LogP contribution is 2.17. The van der Waals surface area contributed by atoms with Crippen molar-refractivity contribution in [3.05, 3.63) is 65.7 Å². The van der Waals surface area contributed by atoms with Gasteiger partial charge in [-0.25, -0.2) is 14.6 Å². The van der Waals surface area contributed by atoms with E-state index in [4.69, 9.17) is 11.6 Å². The molecule has 0 bridgehead atoms. The average Bonchev–Trinajstić information content (AvgIpc) is 3.19. The number of carbonyl (C=O) groups is 1. The number of nitrogens with one attached hydrogen (secondary N) is 1. The minimum Gasteiger partial charge on any atom is -0.346 e. The molecule has 1 N–H and O–H groups in total. The van der Waals surface area contributed by atoms with Crippen molar-refractivity contribution in [2.75, 3.05) is 18.0 Å². The molecular weight excluding hydrogens is 364 g/mol. The molecule has 1 aliphatic rings. The Labute approximate surface area is 162 Å². The van der Waals surface area contributed by atoms with Crippen LogP contribution in [0.25, 0.3) is 5.69 Å². The van der Waals surface area contributed by atoms with Gasteiger partial charge in [0.2, 0.25) is 5.95 Å². The zero-order chi connectivity index (χ0) is 18.6. The Balaban J connectivity index is 1.42. The number of benzene rings is 1. The molecule has 2 aromatic heterocycles. The molecule has 4 rings (SSSR count). The quantitative estimate of drug-likeness (QED) is 0.750. The highest BCUT2D eigenvalue weighted by atomic mass is 35.5. The van der Waals surface area contributed by atoms with E-state index >= 15 is 0 Å². The first-order valence-corrected chi connectivity index (χ1v) is 9.21. The summed E-state index contributed by atoms with van der Waals surface area (Å²) in [5, 5.41) is 8.07. The van der Waals surface area contributed by atoms with E-state index in [0.717, 1.165) is 25.1 Å². The Morgan fingerprint density at radius 1 is 1.19 bits per heavy atom. The third-order valence-corrected chi connectivity index (χ3v) is 4.72. The molecule has 3 heterocycles. The Bertz CT molecular complexity index is 929. The van der Waals surface area contributed by atoms with Crippen LogP contribution in [0.1, 0.15) is 23.3 Å². The second-order valence-corrected chi connectivity index (χ2v) is 6.87. The summed E-state index contributed by atoms with van der Waals surface area (Å²) in [7, 11) is 0. The van der Waals surface area contributed by atoms with Gasteiger partial charge in [0.15, 0.2) is 5.69 Å². The second-order valence-electron chi connectivity index (χ2n) is 6.43. The Morgan fingerprint density at radius 2 is 2.04 bits per heavy atom. The van der Waals surface area contributed by atoms with Crippen LogP contribution in [0, 0.1) is 0 Å². The molecule has 8 heteroatoms. The molecule has 1 unspecified atom stereocenters. The molecule has 1 atom stereocenters. The van der Waals surface area contributed by atoms with E-state index in [1.165, 1.54) is 0 Å². The topological polar surface area (TPSA) is 75.9 Å². The fraction of sp³-hybridized carbons (Fsp3) is 0.263. The molecule has 1 aliphatic heterocycles. The summed E-state index contributed by atoms with van der Waals surface area (Å²) < 4.78 is 1.64. The van der Waals surface area contributed by atoms with Gasteiger partial charge in [0.25, 0.3) is 5.91 Å². The van der Waals surface area contributed by atoms with E-state index in [2.05, 4.69) is 25.3 Å². The largest absolute Gasteiger partial charge is 0.346 e. The molecule has 0 saturated carbocycles. The first-order valence-electron chi connectivity index (χ1n) is 8.83. The van der Waals surface area contributed by atoms with Crippen molar-refractivity contribution >= 4 is 23.5 Å². The van der Waals surface area contributed by atoms with Crippen LogP contribution in [-0.4, -0.2) is 44.8 Å². The lowest BCUT2D eigenvalue weighted by atomic mass is 10.1. The number of halogens is 1. The number of hydrogen-bond acceptors (Lipinski definition) is 5. The van der Waals surface area contributed by atoms with E-state index in [0.29, 0.717) is 23.2 Å². The van der Waals surface area contributed by atoms with Crippen LogP contribution in [0.2, 0.25) is 5.02 Å². The number of hydrogen-bond donors (Lipinski definition) is 1. The van der Waals surface area contributed by atoms with Gasteiger partial charge in [-0.15, -0.1) is 0 Å². The summed E-state index contributed by atoms with van der Waals surface area (Å²) in [5.41, 5.74) is 1.19. The van der Waals surface area contributed by atoms with Crippen LogP contribution in [0.5, 0.6) is 0 Å². The third-order valence-electron chi connectivity index (χ3n) is 4.49. The number of carbonyl (C=O) groups excluding carboxylic acids is 1. The highest BCUT2D eigenvalue weighted by Gasteiger charge is 2.24. The number of amides is 1. The van der Waals surface area contributed by atoms with Gasteiger partial charge in [0.05, 0.1) is 5.69 Å². The molecule has 1 amide bonds. The van der Waals surface area contributed by atoms with E-state index in [1.807, 2.05) is 12.1 Å². The predicted molar refractivity (Wildman–Crippen MR) is 103 cm³/mol. The fourth-order valence-corrected chi connectivity index (χ4v) is 3.38. The summed E-state index contributed by atoms with van der Waals surface area (Å²) in [4.78, 5) is 23.3. The Kier molecular flexibility index (Phi) is 5.02. The van der Waals surface area contributed by atoms with Crippen LogP contribution in [0.4, 0.5) is 5.95 Å². The van der Waals surface area contributed by atoms with E-state index in [-0.39, 0.29) is 11.9 Å². The lowest BCUT2D eigenvalue weighted by Gasteiger charge is -2.32. The van der Waals surface area contributed by atoms with E-state index < -0.39 is 0 Å². The van der Waals surface area contributed by atoms with Crippen LogP contribution in [0.3, 0.4) is 0 Å². The molecule has 7 nitrogen and oxygen atoms in total. The Morgan fingerprint density at radius 3 is 2.85 bits per heavy atom. The zero-order valence-corrected chi connectivity index (χ0v) is 15.4. The van der Waals surface area contributed by atoms with Gasteiger partial charge in [-0.1, -0.05) is 17.7 Å². The minimum atomic E-state index is -0.184. The minimum absolute atomic E-state index is 0.0337. The van der Waals surface area contributed by atoms with Gasteiger partial charge in [0, 0.05) is 42.7 Å². The molecule has 0 radical (unpaired) electrons. The molecule has 0 aliphatic carbocycles. The van der Waals surface area contributed by atoms with Crippen molar-refractivity contribution < 1.29 is 4.79 Å². The number of aromatic nitrogens is 4. The Hall–Kier alpha value is -2.93. The van der Waals surface area contributed by atoms with Crippen LogP contribution < -0.4 is 10.2 Å². The van der Waals surface area contributed by atoms with Gasteiger partial charge in [-0.2, -0.15) is 5.10 Å². The maximum Gasteiger partial charge on any atom is 0.272 e. The maximum atomic E-state index is 12.6. The van der Waals surface area contributed by atoms with Gasteiger partial charge in [-0.3, -0.25) is 4.79 Å². The van der Waals surface area contributed by atoms with Gasteiger partial charge < -0.3 is 10.2 Å². The van der Waals surface area contributed by atoms with Crippen molar-refractivity contribution in [3.63, 3.8) is 0 Å². The van der Waals surface area contributed by atoms with Crippen molar-refractivity contribution in [1.82, 2.24) is 25.1 Å². The average molecular weight is 383 g/mol. The summed E-state index contributed by atoms with van der Waals surface area (Å²) in [6.45, 7) is 1.57. The number of rotatable bonds is 4. The number of piperidine rings is 1. The van der Waals surface area contributed by atoms with Gasteiger partial charge in [0.1, 0.15) is 0 Å². The molecule has 1 saturated heterocycles.